The summed E-state index contributed by atoms with van der Waals surface area (Å²) >= 11 is 5.45. The van der Waals surface area contributed by atoms with E-state index in [9.17, 15) is 9.59 Å². The molecule has 0 radical (unpaired) electrons. The highest BCUT2D eigenvalue weighted by atomic mass is 32.1. The minimum atomic E-state index is -0.646. The predicted molar refractivity (Wildman–Crippen MR) is 96.8 cm³/mol. The second-order valence-corrected chi connectivity index (χ2v) is 5.88. The smallest absolute Gasteiger partial charge is 0.308 e. The molecule has 0 spiro atoms. The first-order valence-corrected chi connectivity index (χ1v) is 8.55. The molecule has 2 N–H and O–H groups in total. The number of benzene rings is 1. The van der Waals surface area contributed by atoms with Crippen molar-refractivity contribution >= 4 is 34.9 Å². The van der Waals surface area contributed by atoms with E-state index in [-0.39, 0.29) is 12.3 Å². The number of nitrogens with zero attached hydrogens (tertiary/aromatic N) is 1. The summed E-state index contributed by atoms with van der Waals surface area (Å²) in [5.41, 5.74) is 2.10. The molecule has 1 aromatic carbocycles. The molecule has 1 aliphatic heterocycles. The van der Waals surface area contributed by atoms with Gasteiger partial charge in [-0.15, -0.1) is 0 Å². The Hall–Kier alpha value is -2.15. The highest BCUT2D eigenvalue weighted by molar-refractivity contribution is 7.80. The number of anilines is 1. The fourth-order valence-corrected chi connectivity index (χ4v) is 2.89. The molecule has 1 saturated heterocycles. The van der Waals surface area contributed by atoms with Crippen molar-refractivity contribution in [3.63, 3.8) is 0 Å². The number of esters is 1. The number of ether oxygens (including phenoxy) is 1. The van der Waals surface area contributed by atoms with Gasteiger partial charge in [0.05, 0.1) is 13.0 Å². The van der Waals surface area contributed by atoms with Crippen molar-refractivity contribution in [2.45, 2.75) is 32.7 Å². The molecule has 0 bridgehead atoms. The number of thiocarbonyl (C=S) groups is 1. The minimum Gasteiger partial charge on any atom is -0.466 e. The van der Waals surface area contributed by atoms with Crippen LogP contribution in [-0.2, 0) is 20.7 Å². The van der Waals surface area contributed by atoms with Gasteiger partial charge in [0, 0.05) is 18.8 Å². The second kappa shape index (κ2) is 8.63. The summed E-state index contributed by atoms with van der Waals surface area (Å²) < 4.78 is 4.96. The summed E-state index contributed by atoms with van der Waals surface area (Å²) in [7, 11) is 0. The van der Waals surface area contributed by atoms with Crippen LogP contribution in [0.15, 0.2) is 24.3 Å². The van der Waals surface area contributed by atoms with Crippen molar-refractivity contribution in [3.05, 3.63) is 29.8 Å². The number of carbonyl (C=O) groups is 2. The Morgan fingerprint density at radius 3 is 2.71 bits per heavy atom. The highest BCUT2D eigenvalue weighted by Gasteiger charge is 2.33. The van der Waals surface area contributed by atoms with Crippen molar-refractivity contribution in [2.75, 3.05) is 25.0 Å². The van der Waals surface area contributed by atoms with E-state index >= 15 is 0 Å². The average molecular weight is 349 g/mol. The lowest BCUT2D eigenvalue weighted by Crippen LogP contribution is -2.58. The van der Waals surface area contributed by atoms with Crippen LogP contribution in [0.1, 0.15) is 25.8 Å². The summed E-state index contributed by atoms with van der Waals surface area (Å²) in [6, 6.07) is 7.33. The Morgan fingerprint density at radius 1 is 1.38 bits per heavy atom. The van der Waals surface area contributed by atoms with Crippen LogP contribution in [0.2, 0.25) is 0 Å². The summed E-state index contributed by atoms with van der Waals surface area (Å²) in [6.07, 6.45) is 0.953. The lowest BCUT2D eigenvalue weighted by molar-refractivity contribution is -0.147. The molecule has 24 heavy (non-hydrogen) atoms. The minimum absolute atomic E-state index is 0.0176. The molecule has 0 saturated carbocycles. The predicted octanol–water partition coefficient (Wildman–Crippen LogP) is 1.70. The standard InChI is InChI=1S/C17H23N3O3S/c1-3-12-5-7-13(8-6-12)19-17(24)20-10-9-18-16(22)14(20)11-15(21)23-4-2/h5-8,14H,3-4,9-11H2,1-2H3,(H,18,22)(H,19,24)/t14-/m0/s1. The summed E-state index contributed by atoms with van der Waals surface area (Å²) in [4.78, 5) is 25.6. The van der Waals surface area contributed by atoms with Gasteiger partial charge in [-0.25, -0.2) is 0 Å². The van der Waals surface area contributed by atoms with Gasteiger partial charge < -0.3 is 20.3 Å². The summed E-state index contributed by atoms with van der Waals surface area (Å²) in [5, 5.41) is 6.35. The maximum absolute atomic E-state index is 12.1. The van der Waals surface area contributed by atoms with E-state index in [1.54, 1.807) is 11.8 Å². The molecule has 2 rings (SSSR count). The Kier molecular flexibility index (Phi) is 6.54. The van der Waals surface area contributed by atoms with E-state index in [1.807, 2.05) is 24.3 Å². The lowest BCUT2D eigenvalue weighted by Gasteiger charge is -2.36. The lowest BCUT2D eigenvalue weighted by atomic mass is 10.1. The molecule has 7 heteroatoms. The van der Waals surface area contributed by atoms with E-state index in [1.165, 1.54) is 5.56 Å². The van der Waals surface area contributed by atoms with Crippen LogP contribution in [0, 0.1) is 0 Å². The first-order chi connectivity index (χ1) is 11.5. The SMILES string of the molecule is CCOC(=O)C[C@H]1C(=O)NCCN1C(=S)Nc1ccc(CC)cc1. The van der Waals surface area contributed by atoms with E-state index in [2.05, 4.69) is 17.6 Å². The first kappa shape index (κ1) is 18.2. The normalized spacial score (nSPS) is 17.2. The van der Waals surface area contributed by atoms with Gasteiger partial charge in [0.2, 0.25) is 5.91 Å². The van der Waals surface area contributed by atoms with E-state index in [4.69, 9.17) is 17.0 Å². The number of carbonyl (C=O) groups excluding carboxylic acids is 2. The highest BCUT2D eigenvalue weighted by Crippen LogP contribution is 2.15. The molecular formula is C17H23N3O3S. The molecule has 0 unspecified atom stereocenters. The van der Waals surface area contributed by atoms with Gasteiger partial charge >= 0.3 is 5.97 Å². The molecule has 0 aromatic heterocycles. The Labute approximate surface area is 147 Å². The van der Waals surface area contributed by atoms with Gasteiger partial charge in [-0.05, 0) is 43.3 Å². The van der Waals surface area contributed by atoms with Gasteiger partial charge in [0.25, 0.3) is 0 Å². The van der Waals surface area contributed by atoms with Crippen LogP contribution in [0.3, 0.4) is 0 Å². The van der Waals surface area contributed by atoms with E-state index in [0.717, 1.165) is 12.1 Å². The topological polar surface area (TPSA) is 70.7 Å². The van der Waals surface area contributed by atoms with Crippen LogP contribution < -0.4 is 10.6 Å². The van der Waals surface area contributed by atoms with Crippen LogP contribution in [0.5, 0.6) is 0 Å². The van der Waals surface area contributed by atoms with Gasteiger partial charge in [-0.3, -0.25) is 9.59 Å². The number of hydrogen-bond acceptors (Lipinski definition) is 4. The van der Waals surface area contributed by atoms with Crippen LogP contribution in [0.25, 0.3) is 0 Å². The monoisotopic (exact) mass is 349 g/mol. The van der Waals surface area contributed by atoms with Crippen LogP contribution >= 0.6 is 12.2 Å². The molecule has 1 amide bonds. The fourth-order valence-electron chi connectivity index (χ4n) is 2.56. The molecule has 6 nitrogen and oxygen atoms in total. The molecule has 130 valence electrons. The number of nitrogens with one attached hydrogen (secondary N) is 2. The molecule has 1 aliphatic rings. The number of hydrogen-bond donors (Lipinski definition) is 2. The van der Waals surface area contributed by atoms with Crippen molar-refractivity contribution in [3.8, 4) is 0 Å². The zero-order valence-corrected chi connectivity index (χ0v) is 14.8. The van der Waals surface area contributed by atoms with Gasteiger partial charge in [-0.1, -0.05) is 19.1 Å². The number of piperazine rings is 1. The van der Waals surface area contributed by atoms with Crippen molar-refractivity contribution < 1.29 is 14.3 Å². The zero-order valence-electron chi connectivity index (χ0n) is 14.0. The third kappa shape index (κ3) is 4.67. The average Bonchev–Trinajstić information content (AvgIpc) is 2.57. The Morgan fingerprint density at radius 2 is 2.08 bits per heavy atom. The second-order valence-electron chi connectivity index (χ2n) is 5.49. The van der Waals surface area contributed by atoms with Gasteiger partial charge in [0.15, 0.2) is 5.11 Å². The molecule has 0 aliphatic carbocycles. The molecule has 1 heterocycles. The summed E-state index contributed by atoms with van der Waals surface area (Å²) in [5.74, 6) is -0.612. The Balaban J connectivity index is 2.05. The third-order valence-corrected chi connectivity index (χ3v) is 4.21. The Bertz CT molecular complexity index is 604. The van der Waals surface area contributed by atoms with Crippen LogP contribution in [-0.4, -0.2) is 47.6 Å². The van der Waals surface area contributed by atoms with Gasteiger partial charge in [-0.2, -0.15) is 0 Å². The van der Waals surface area contributed by atoms with Gasteiger partial charge in [0.1, 0.15) is 6.04 Å². The maximum Gasteiger partial charge on any atom is 0.308 e. The fraction of sp³-hybridized carbons (Fsp3) is 0.471. The number of rotatable bonds is 5. The maximum atomic E-state index is 12.1. The molecule has 1 atom stereocenters. The van der Waals surface area contributed by atoms with Crippen molar-refractivity contribution in [1.82, 2.24) is 10.2 Å². The largest absolute Gasteiger partial charge is 0.466 e. The number of amides is 1. The number of aryl methyl sites for hydroxylation is 1. The molecular weight excluding hydrogens is 326 g/mol. The van der Waals surface area contributed by atoms with Crippen molar-refractivity contribution in [1.29, 1.82) is 0 Å². The molecule has 1 fully saturated rings. The van der Waals surface area contributed by atoms with Crippen LogP contribution in [0.4, 0.5) is 5.69 Å². The van der Waals surface area contributed by atoms with E-state index < -0.39 is 12.0 Å². The summed E-state index contributed by atoms with van der Waals surface area (Å²) in [6.45, 7) is 5.17. The first-order valence-electron chi connectivity index (χ1n) is 8.15. The van der Waals surface area contributed by atoms with Crippen molar-refractivity contribution in [2.24, 2.45) is 0 Å². The third-order valence-electron chi connectivity index (χ3n) is 3.87. The van der Waals surface area contributed by atoms with E-state index in [0.29, 0.717) is 24.8 Å². The quantitative estimate of drug-likeness (QED) is 0.623. The molecule has 1 aromatic rings. The zero-order chi connectivity index (χ0) is 17.5.